The molecule has 1 aromatic heterocycles. The molecule has 1 unspecified atom stereocenters. The Morgan fingerprint density at radius 2 is 2.17 bits per heavy atom. The van der Waals surface area contributed by atoms with Crippen LogP contribution in [0.4, 0.5) is 9.18 Å². The number of urea groups is 1. The summed E-state index contributed by atoms with van der Waals surface area (Å²) < 4.78 is 14.8. The summed E-state index contributed by atoms with van der Waals surface area (Å²) in [5, 5.41) is 7.37. The highest BCUT2D eigenvalue weighted by Gasteiger charge is 2.25. The number of carbonyl (C=O) groups is 1. The third-order valence-electron chi connectivity index (χ3n) is 4.35. The highest BCUT2D eigenvalue weighted by Crippen LogP contribution is 2.29. The topological polar surface area (TPSA) is 50.2 Å². The normalized spacial score (nSPS) is 16.7. The van der Waals surface area contributed by atoms with Crippen molar-refractivity contribution >= 4 is 6.03 Å². The first kappa shape index (κ1) is 15.5. The Balaban J connectivity index is 1.64. The van der Waals surface area contributed by atoms with Gasteiger partial charge in [-0.05, 0) is 37.0 Å². The summed E-state index contributed by atoms with van der Waals surface area (Å²) in [4.78, 5) is 14.0. The fraction of sp³-hybridized carbons (Fsp3) is 0.412. The number of hydrogen-bond donors (Lipinski definition) is 1. The summed E-state index contributed by atoms with van der Waals surface area (Å²) >= 11 is 0. The zero-order valence-corrected chi connectivity index (χ0v) is 13.4. The number of amides is 2. The lowest BCUT2D eigenvalue weighted by Gasteiger charge is -2.26. The number of fused-ring (bicyclic) bond motifs is 1. The quantitative estimate of drug-likeness (QED) is 0.946. The molecule has 1 heterocycles. The third-order valence-corrected chi connectivity index (χ3v) is 4.35. The fourth-order valence-corrected chi connectivity index (χ4v) is 3.05. The van der Waals surface area contributed by atoms with Gasteiger partial charge in [0.15, 0.2) is 0 Å². The van der Waals surface area contributed by atoms with E-state index in [2.05, 4.69) is 10.4 Å². The molecule has 0 saturated carbocycles. The lowest BCUT2D eigenvalue weighted by Crippen LogP contribution is -2.39. The van der Waals surface area contributed by atoms with Crippen molar-refractivity contribution in [2.45, 2.75) is 31.8 Å². The van der Waals surface area contributed by atoms with Crippen LogP contribution in [0.5, 0.6) is 0 Å². The average molecular weight is 316 g/mol. The molecule has 0 aliphatic heterocycles. The van der Waals surface area contributed by atoms with Crippen molar-refractivity contribution in [2.75, 3.05) is 7.05 Å². The first-order chi connectivity index (χ1) is 11.0. The minimum atomic E-state index is -0.271. The molecule has 1 N–H and O–H groups in total. The third kappa shape index (κ3) is 3.36. The van der Waals surface area contributed by atoms with Crippen molar-refractivity contribution in [2.24, 2.45) is 7.05 Å². The van der Waals surface area contributed by atoms with Gasteiger partial charge in [-0.2, -0.15) is 5.10 Å². The van der Waals surface area contributed by atoms with Crippen molar-refractivity contribution in [1.29, 1.82) is 0 Å². The Morgan fingerprint density at radius 1 is 1.43 bits per heavy atom. The van der Waals surface area contributed by atoms with Gasteiger partial charge in [-0.3, -0.25) is 4.68 Å². The molecule has 1 aromatic carbocycles. The van der Waals surface area contributed by atoms with E-state index in [0.717, 1.165) is 30.4 Å². The van der Waals surface area contributed by atoms with Crippen molar-refractivity contribution in [3.63, 3.8) is 0 Å². The van der Waals surface area contributed by atoms with Crippen LogP contribution in [-0.2, 0) is 20.0 Å². The zero-order chi connectivity index (χ0) is 16.4. The average Bonchev–Trinajstić information content (AvgIpc) is 2.92. The van der Waals surface area contributed by atoms with Crippen LogP contribution in [0.15, 0.2) is 30.5 Å². The van der Waals surface area contributed by atoms with Gasteiger partial charge in [0.25, 0.3) is 0 Å². The van der Waals surface area contributed by atoms with E-state index in [1.54, 1.807) is 24.1 Å². The first-order valence-electron chi connectivity index (χ1n) is 7.81. The zero-order valence-electron chi connectivity index (χ0n) is 13.4. The molecule has 0 bridgehead atoms. The number of aromatic nitrogens is 2. The molecule has 1 aliphatic carbocycles. The van der Waals surface area contributed by atoms with E-state index in [-0.39, 0.29) is 17.9 Å². The number of hydrogen-bond acceptors (Lipinski definition) is 2. The number of nitrogens with zero attached hydrogens (tertiary/aromatic N) is 3. The lowest BCUT2D eigenvalue weighted by atomic mass is 9.93. The van der Waals surface area contributed by atoms with Crippen LogP contribution >= 0.6 is 0 Å². The van der Waals surface area contributed by atoms with Gasteiger partial charge in [-0.25, -0.2) is 9.18 Å². The lowest BCUT2D eigenvalue weighted by molar-refractivity contribution is 0.201. The number of carbonyl (C=O) groups excluding carboxylic acids is 1. The summed E-state index contributed by atoms with van der Waals surface area (Å²) in [6, 6.07) is 6.08. The highest BCUT2D eigenvalue weighted by molar-refractivity contribution is 5.74. The summed E-state index contributed by atoms with van der Waals surface area (Å²) in [5.41, 5.74) is 3.21. The van der Waals surface area contributed by atoms with Crippen LogP contribution in [-0.4, -0.2) is 27.8 Å². The van der Waals surface area contributed by atoms with Crippen molar-refractivity contribution in [3.8, 4) is 0 Å². The molecule has 2 aromatic rings. The Labute approximate surface area is 135 Å². The van der Waals surface area contributed by atoms with E-state index in [1.807, 2.05) is 17.9 Å². The molecule has 1 atom stereocenters. The minimum absolute atomic E-state index is 0.00983. The van der Waals surface area contributed by atoms with Gasteiger partial charge < -0.3 is 10.2 Å². The second-order valence-electron chi connectivity index (χ2n) is 6.05. The van der Waals surface area contributed by atoms with Gasteiger partial charge in [-0.1, -0.05) is 12.1 Å². The smallest absolute Gasteiger partial charge is 0.317 e. The predicted octanol–water partition coefficient (Wildman–Crippen LogP) is 2.78. The Morgan fingerprint density at radius 3 is 2.91 bits per heavy atom. The molecule has 3 rings (SSSR count). The van der Waals surface area contributed by atoms with Gasteiger partial charge in [0.1, 0.15) is 5.82 Å². The molecular formula is C17H21FN4O. The molecule has 23 heavy (non-hydrogen) atoms. The van der Waals surface area contributed by atoms with Gasteiger partial charge in [-0.15, -0.1) is 0 Å². The summed E-state index contributed by atoms with van der Waals surface area (Å²) in [5.74, 6) is -0.271. The maximum atomic E-state index is 12.9. The van der Waals surface area contributed by atoms with E-state index in [1.165, 1.54) is 17.8 Å². The van der Waals surface area contributed by atoms with Crippen molar-refractivity contribution < 1.29 is 9.18 Å². The van der Waals surface area contributed by atoms with Crippen LogP contribution in [0.25, 0.3) is 0 Å². The fourth-order valence-electron chi connectivity index (χ4n) is 3.05. The van der Waals surface area contributed by atoms with E-state index >= 15 is 0 Å². The maximum Gasteiger partial charge on any atom is 0.317 e. The molecular weight excluding hydrogens is 295 g/mol. The standard InChI is InChI=1S/C17H21FN4O/c1-21(11-12-6-8-13(18)9-7-12)17(23)20-15-4-3-5-16-14(15)10-19-22(16)2/h6-10,15H,3-5,11H2,1-2H3,(H,20,23). The SMILES string of the molecule is CN(Cc1ccc(F)cc1)C(=O)NC1CCCc2c1cnn2C. The van der Waals surface area contributed by atoms with Gasteiger partial charge >= 0.3 is 6.03 Å². The largest absolute Gasteiger partial charge is 0.331 e. The van der Waals surface area contributed by atoms with Gasteiger partial charge in [0.05, 0.1) is 12.2 Å². The molecule has 5 nitrogen and oxygen atoms in total. The van der Waals surface area contributed by atoms with E-state index < -0.39 is 0 Å². The molecule has 0 radical (unpaired) electrons. The second-order valence-corrected chi connectivity index (χ2v) is 6.05. The molecule has 2 amide bonds. The highest BCUT2D eigenvalue weighted by atomic mass is 19.1. The number of benzene rings is 1. The molecule has 0 saturated heterocycles. The first-order valence-corrected chi connectivity index (χ1v) is 7.81. The van der Waals surface area contributed by atoms with Crippen LogP contribution in [0.3, 0.4) is 0 Å². The van der Waals surface area contributed by atoms with Gasteiger partial charge in [0, 0.05) is 31.9 Å². The summed E-state index contributed by atoms with van der Waals surface area (Å²) in [6.45, 7) is 0.443. The second kappa shape index (κ2) is 6.40. The molecule has 6 heteroatoms. The Bertz CT molecular complexity index is 695. The van der Waals surface area contributed by atoms with E-state index in [4.69, 9.17) is 0 Å². The van der Waals surface area contributed by atoms with Crippen LogP contribution in [0, 0.1) is 5.82 Å². The van der Waals surface area contributed by atoms with Gasteiger partial charge in [0.2, 0.25) is 0 Å². The molecule has 122 valence electrons. The molecule has 0 spiro atoms. The number of nitrogens with one attached hydrogen (secondary N) is 1. The van der Waals surface area contributed by atoms with E-state index in [9.17, 15) is 9.18 Å². The number of aryl methyl sites for hydroxylation is 1. The summed E-state index contributed by atoms with van der Waals surface area (Å²) in [7, 11) is 3.68. The Kier molecular flexibility index (Phi) is 4.32. The summed E-state index contributed by atoms with van der Waals surface area (Å²) in [6.07, 6.45) is 4.82. The van der Waals surface area contributed by atoms with Crippen LogP contribution < -0.4 is 5.32 Å². The van der Waals surface area contributed by atoms with Crippen LogP contribution in [0.2, 0.25) is 0 Å². The number of rotatable bonds is 3. The van der Waals surface area contributed by atoms with Crippen LogP contribution in [0.1, 0.15) is 35.7 Å². The van der Waals surface area contributed by atoms with Crippen molar-refractivity contribution in [3.05, 3.63) is 53.1 Å². The molecule has 1 aliphatic rings. The van der Waals surface area contributed by atoms with Crippen molar-refractivity contribution in [1.82, 2.24) is 20.0 Å². The molecule has 0 fully saturated rings. The minimum Gasteiger partial charge on any atom is -0.331 e. The Hall–Kier alpha value is -2.37. The monoisotopic (exact) mass is 316 g/mol. The number of halogens is 1. The van der Waals surface area contributed by atoms with E-state index in [0.29, 0.717) is 6.54 Å². The maximum absolute atomic E-state index is 12.9. The predicted molar refractivity (Wildman–Crippen MR) is 85.3 cm³/mol.